The third-order valence-electron chi connectivity index (χ3n) is 2.91. The number of benzene rings is 1. The minimum Gasteiger partial charge on any atom is -0.321 e. The van der Waals surface area contributed by atoms with Crippen molar-refractivity contribution in [2.45, 2.75) is 26.3 Å². The monoisotopic (exact) mass is 305 g/mol. The quantitative estimate of drug-likeness (QED) is 0.923. The molecule has 2 aromatic rings. The summed E-state index contributed by atoms with van der Waals surface area (Å²) in [5.74, 6) is -0.373. The van der Waals surface area contributed by atoms with E-state index in [0.29, 0.717) is 17.3 Å². The molecule has 5 nitrogen and oxygen atoms in total. The van der Waals surface area contributed by atoms with Gasteiger partial charge in [-0.1, -0.05) is 31.0 Å². The van der Waals surface area contributed by atoms with Crippen LogP contribution in [-0.2, 0) is 6.54 Å². The molecule has 0 radical (unpaired) electrons. The number of nitrogens with one attached hydrogen (secondary N) is 1. The van der Waals surface area contributed by atoms with E-state index in [4.69, 9.17) is 11.6 Å². The number of aromatic nitrogens is 2. The van der Waals surface area contributed by atoms with Gasteiger partial charge in [0.1, 0.15) is 5.69 Å². The van der Waals surface area contributed by atoms with Crippen molar-refractivity contribution in [1.82, 2.24) is 9.78 Å². The van der Waals surface area contributed by atoms with Crippen LogP contribution >= 0.6 is 11.6 Å². The SMILES string of the molecule is CCCCn1nc(C(=O)Nc2cccc(Cl)c2)ccc1=O. The predicted molar refractivity (Wildman–Crippen MR) is 82.8 cm³/mol. The average Bonchev–Trinajstić information content (AvgIpc) is 2.46. The molecular formula is C15H16ClN3O2. The van der Waals surface area contributed by atoms with Crippen LogP contribution in [0.4, 0.5) is 5.69 Å². The van der Waals surface area contributed by atoms with Crippen LogP contribution in [0.5, 0.6) is 0 Å². The number of amides is 1. The van der Waals surface area contributed by atoms with E-state index in [1.165, 1.54) is 16.8 Å². The second-order valence-corrected chi connectivity index (χ2v) is 5.03. The second kappa shape index (κ2) is 7.04. The van der Waals surface area contributed by atoms with Crippen LogP contribution in [0.25, 0.3) is 0 Å². The van der Waals surface area contributed by atoms with E-state index in [-0.39, 0.29) is 17.2 Å². The number of unbranched alkanes of at least 4 members (excludes halogenated alkanes) is 1. The first kappa shape index (κ1) is 15.3. The van der Waals surface area contributed by atoms with Gasteiger partial charge >= 0.3 is 0 Å². The molecule has 2 rings (SSSR count). The minimum absolute atomic E-state index is 0.200. The number of anilines is 1. The molecule has 0 aliphatic heterocycles. The number of aryl methyl sites for hydroxylation is 1. The standard InChI is InChI=1S/C15H16ClN3O2/c1-2-3-9-19-14(20)8-7-13(18-19)15(21)17-12-6-4-5-11(16)10-12/h4-8,10H,2-3,9H2,1H3,(H,17,21). The Balaban J connectivity index is 2.17. The molecule has 0 spiro atoms. The van der Waals surface area contributed by atoms with Crippen LogP contribution in [0.2, 0.25) is 5.02 Å². The Kier molecular flexibility index (Phi) is 5.11. The number of halogens is 1. The highest BCUT2D eigenvalue weighted by atomic mass is 35.5. The lowest BCUT2D eigenvalue weighted by atomic mass is 10.3. The molecule has 0 saturated heterocycles. The Morgan fingerprint density at radius 1 is 1.33 bits per heavy atom. The van der Waals surface area contributed by atoms with Gasteiger partial charge in [-0.15, -0.1) is 0 Å². The van der Waals surface area contributed by atoms with Crippen molar-refractivity contribution in [2.75, 3.05) is 5.32 Å². The van der Waals surface area contributed by atoms with Gasteiger partial charge in [0, 0.05) is 23.3 Å². The number of hydrogen-bond acceptors (Lipinski definition) is 3. The van der Waals surface area contributed by atoms with Gasteiger partial charge in [0.2, 0.25) is 0 Å². The fourth-order valence-corrected chi connectivity index (χ4v) is 1.99. The topological polar surface area (TPSA) is 64.0 Å². The Labute approximate surface area is 127 Å². The highest BCUT2D eigenvalue weighted by Crippen LogP contribution is 2.15. The summed E-state index contributed by atoms with van der Waals surface area (Å²) in [7, 11) is 0. The summed E-state index contributed by atoms with van der Waals surface area (Å²) < 4.78 is 1.32. The highest BCUT2D eigenvalue weighted by Gasteiger charge is 2.10. The van der Waals surface area contributed by atoms with E-state index in [2.05, 4.69) is 10.4 Å². The summed E-state index contributed by atoms with van der Waals surface area (Å²) in [5, 5.41) is 7.32. The van der Waals surface area contributed by atoms with E-state index < -0.39 is 0 Å². The number of hydrogen-bond donors (Lipinski definition) is 1. The van der Waals surface area contributed by atoms with E-state index in [0.717, 1.165) is 12.8 Å². The Morgan fingerprint density at radius 2 is 2.14 bits per heavy atom. The van der Waals surface area contributed by atoms with Crippen molar-refractivity contribution < 1.29 is 4.79 Å². The second-order valence-electron chi connectivity index (χ2n) is 4.60. The third kappa shape index (κ3) is 4.16. The first-order valence-corrected chi connectivity index (χ1v) is 7.13. The molecule has 0 atom stereocenters. The molecule has 0 bridgehead atoms. The average molecular weight is 306 g/mol. The van der Waals surface area contributed by atoms with Crippen LogP contribution < -0.4 is 10.9 Å². The van der Waals surface area contributed by atoms with Crippen LogP contribution in [0.1, 0.15) is 30.3 Å². The Morgan fingerprint density at radius 3 is 2.86 bits per heavy atom. The highest BCUT2D eigenvalue weighted by molar-refractivity contribution is 6.30. The zero-order chi connectivity index (χ0) is 15.2. The van der Waals surface area contributed by atoms with Gasteiger partial charge in [-0.2, -0.15) is 5.10 Å². The van der Waals surface area contributed by atoms with Crippen molar-refractivity contribution >= 4 is 23.2 Å². The van der Waals surface area contributed by atoms with Crippen LogP contribution in [0.15, 0.2) is 41.2 Å². The lowest BCUT2D eigenvalue weighted by Crippen LogP contribution is -2.26. The fraction of sp³-hybridized carbons (Fsp3) is 0.267. The van der Waals surface area contributed by atoms with E-state index in [9.17, 15) is 9.59 Å². The minimum atomic E-state index is -0.373. The summed E-state index contributed by atoms with van der Waals surface area (Å²) in [4.78, 5) is 23.8. The summed E-state index contributed by atoms with van der Waals surface area (Å²) in [6.07, 6.45) is 1.79. The Bertz CT molecular complexity index is 697. The molecule has 0 aliphatic carbocycles. The summed E-state index contributed by atoms with van der Waals surface area (Å²) in [5.41, 5.74) is 0.578. The van der Waals surface area contributed by atoms with E-state index in [1.54, 1.807) is 24.3 Å². The van der Waals surface area contributed by atoms with Crippen molar-refractivity contribution in [3.63, 3.8) is 0 Å². The van der Waals surface area contributed by atoms with Crippen molar-refractivity contribution in [2.24, 2.45) is 0 Å². The zero-order valence-electron chi connectivity index (χ0n) is 11.7. The number of carbonyl (C=O) groups is 1. The molecular weight excluding hydrogens is 290 g/mol. The molecule has 21 heavy (non-hydrogen) atoms. The molecule has 0 aliphatic rings. The molecule has 1 aromatic carbocycles. The Hall–Kier alpha value is -2.14. The summed E-state index contributed by atoms with van der Waals surface area (Å²) in [6, 6.07) is 9.62. The van der Waals surface area contributed by atoms with Crippen LogP contribution in [0.3, 0.4) is 0 Å². The molecule has 110 valence electrons. The van der Waals surface area contributed by atoms with Gasteiger partial charge in [-0.05, 0) is 30.7 Å². The maximum Gasteiger partial charge on any atom is 0.276 e. The molecule has 0 fully saturated rings. The molecule has 6 heteroatoms. The predicted octanol–water partition coefficient (Wildman–Crippen LogP) is 2.95. The van der Waals surface area contributed by atoms with E-state index >= 15 is 0 Å². The molecule has 0 saturated carbocycles. The molecule has 1 heterocycles. The van der Waals surface area contributed by atoms with Crippen molar-refractivity contribution in [3.8, 4) is 0 Å². The normalized spacial score (nSPS) is 10.4. The summed E-state index contributed by atoms with van der Waals surface area (Å²) in [6.45, 7) is 2.54. The van der Waals surface area contributed by atoms with Gasteiger partial charge in [0.25, 0.3) is 11.5 Å². The van der Waals surface area contributed by atoms with Crippen molar-refractivity contribution in [3.05, 3.63) is 57.5 Å². The van der Waals surface area contributed by atoms with Gasteiger partial charge in [0.05, 0.1) is 0 Å². The first-order valence-electron chi connectivity index (χ1n) is 6.75. The maximum absolute atomic E-state index is 12.1. The smallest absolute Gasteiger partial charge is 0.276 e. The van der Waals surface area contributed by atoms with Crippen LogP contribution in [-0.4, -0.2) is 15.7 Å². The molecule has 1 aromatic heterocycles. The van der Waals surface area contributed by atoms with Crippen molar-refractivity contribution in [1.29, 1.82) is 0 Å². The molecule has 0 unspecified atom stereocenters. The van der Waals surface area contributed by atoms with Crippen LogP contribution in [0, 0.1) is 0 Å². The number of nitrogens with zero attached hydrogens (tertiary/aromatic N) is 2. The van der Waals surface area contributed by atoms with Gasteiger partial charge < -0.3 is 5.32 Å². The number of carbonyl (C=O) groups excluding carboxylic acids is 1. The molecule has 1 amide bonds. The third-order valence-corrected chi connectivity index (χ3v) is 3.14. The van der Waals surface area contributed by atoms with Gasteiger partial charge in [-0.3, -0.25) is 9.59 Å². The number of rotatable bonds is 5. The van der Waals surface area contributed by atoms with Gasteiger partial charge in [-0.25, -0.2) is 4.68 Å². The largest absolute Gasteiger partial charge is 0.321 e. The summed E-state index contributed by atoms with van der Waals surface area (Å²) >= 11 is 5.87. The molecule has 1 N–H and O–H groups in total. The lowest BCUT2D eigenvalue weighted by molar-refractivity contribution is 0.102. The van der Waals surface area contributed by atoms with E-state index in [1.807, 2.05) is 6.92 Å². The van der Waals surface area contributed by atoms with Gasteiger partial charge in [0.15, 0.2) is 0 Å². The fourth-order valence-electron chi connectivity index (χ4n) is 1.80. The first-order chi connectivity index (χ1) is 10.1. The zero-order valence-corrected chi connectivity index (χ0v) is 12.4. The lowest BCUT2D eigenvalue weighted by Gasteiger charge is -2.07. The maximum atomic E-state index is 12.1.